The molecule has 0 amide bonds. The standard InChI is InChI=1S/C11H19NO4.ClH/c1-11(2,3)16-9(13)7-5-8(12-6-7)10(14)15-4;/h7-8,12H,5-6H2,1-4H3;1H/t7-,8+;/m0./s1. The molecular formula is C11H20ClNO4. The Balaban J connectivity index is 0.00000256. The molecule has 0 aromatic heterocycles. The van der Waals surface area contributed by atoms with Crippen molar-refractivity contribution in [1.82, 2.24) is 5.32 Å². The van der Waals surface area contributed by atoms with E-state index < -0.39 is 5.60 Å². The predicted octanol–water partition coefficient (Wildman–Crippen LogP) is 0.901. The van der Waals surface area contributed by atoms with Crippen molar-refractivity contribution in [2.24, 2.45) is 5.92 Å². The predicted molar refractivity (Wildman–Crippen MR) is 65.0 cm³/mol. The summed E-state index contributed by atoms with van der Waals surface area (Å²) in [5, 5.41) is 2.95. The van der Waals surface area contributed by atoms with Gasteiger partial charge in [-0.2, -0.15) is 0 Å². The van der Waals surface area contributed by atoms with Gasteiger partial charge in [0.2, 0.25) is 0 Å². The van der Waals surface area contributed by atoms with Crippen molar-refractivity contribution in [3.63, 3.8) is 0 Å². The summed E-state index contributed by atoms with van der Waals surface area (Å²) in [5.41, 5.74) is -0.486. The number of ether oxygens (including phenoxy) is 2. The fraction of sp³-hybridized carbons (Fsp3) is 0.818. The first-order chi connectivity index (χ1) is 7.33. The van der Waals surface area contributed by atoms with E-state index in [9.17, 15) is 9.59 Å². The zero-order valence-corrected chi connectivity index (χ0v) is 11.4. The summed E-state index contributed by atoms with van der Waals surface area (Å²) in [6.45, 7) is 5.94. The van der Waals surface area contributed by atoms with Crippen LogP contribution in [0.15, 0.2) is 0 Å². The second-order valence-corrected chi connectivity index (χ2v) is 4.95. The van der Waals surface area contributed by atoms with Gasteiger partial charge in [0, 0.05) is 6.54 Å². The third kappa shape index (κ3) is 4.91. The van der Waals surface area contributed by atoms with Crippen LogP contribution in [-0.4, -0.2) is 37.2 Å². The minimum Gasteiger partial charge on any atom is -0.468 e. The molecule has 0 saturated carbocycles. The van der Waals surface area contributed by atoms with Gasteiger partial charge in [-0.25, -0.2) is 0 Å². The Morgan fingerprint density at radius 3 is 2.29 bits per heavy atom. The zero-order chi connectivity index (χ0) is 12.3. The first kappa shape index (κ1) is 16.2. The van der Waals surface area contributed by atoms with Crippen LogP contribution >= 0.6 is 12.4 Å². The summed E-state index contributed by atoms with van der Waals surface area (Å²) in [5.74, 6) is -0.846. The average molecular weight is 266 g/mol. The highest BCUT2D eigenvalue weighted by atomic mass is 35.5. The lowest BCUT2D eigenvalue weighted by Crippen LogP contribution is -2.31. The topological polar surface area (TPSA) is 64.6 Å². The number of esters is 2. The second-order valence-electron chi connectivity index (χ2n) is 4.95. The maximum atomic E-state index is 11.7. The molecule has 0 spiro atoms. The van der Waals surface area contributed by atoms with Gasteiger partial charge < -0.3 is 14.8 Å². The van der Waals surface area contributed by atoms with Crippen LogP contribution in [0.2, 0.25) is 0 Å². The van der Waals surface area contributed by atoms with Crippen LogP contribution in [0, 0.1) is 5.92 Å². The molecule has 0 unspecified atom stereocenters. The molecule has 1 heterocycles. The summed E-state index contributed by atoms with van der Waals surface area (Å²) >= 11 is 0. The Morgan fingerprint density at radius 1 is 1.24 bits per heavy atom. The molecule has 5 nitrogen and oxygen atoms in total. The highest BCUT2D eigenvalue weighted by Crippen LogP contribution is 2.19. The van der Waals surface area contributed by atoms with Crippen LogP contribution in [-0.2, 0) is 19.1 Å². The average Bonchev–Trinajstić information content (AvgIpc) is 2.62. The molecule has 2 atom stereocenters. The molecule has 1 rings (SSSR count). The fourth-order valence-corrected chi connectivity index (χ4v) is 1.62. The van der Waals surface area contributed by atoms with Crippen LogP contribution < -0.4 is 5.32 Å². The first-order valence-electron chi connectivity index (χ1n) is 5.37. The van der Waals surface area contributed by atoms with Gasteiger partial charge in [0.1, 0.15) is 11.6 Å². The maximum absolute atomic E-state index is 11.7. The zero-order valence-electron chi connectivity index (χ0n) is 10.6. The molecule has 100 valence electrons. The molecular weight excluding hydrogens is 246 g/mol. The molecule has 1 aliphatic rings. The van der Waals surface area contributed by atoms with Gasteiger partial charge in [-0.05, 0) is 27.2 Å². The van der Waals surface area contributed by atoms with E-state index in [2.05, 4.69) is 10.1 Å². The van der Waals surface area contributed by atoms with Gasteiger partial charge in [0.25, 0.3) is 0 Å². The maximum Gasteiger partial charge on any atom is 0.322 e. The van der Waals surface area contributed by atoms with Crippen molar-refractivity contribution in [2.75, 3.05) is 13.7 Å². The SMILES string of the molecule is COC(=O)[C@H]1C[C@H](C(=O)OC(C)(C)C)CN1.Cl. The van der Waals surface area contributed by atoms with Crippen molar-refractivity contribution in [3.05, 3.63) is 0 Å². The highest BCUT2D eigenvalue weighted by molar-refractivity contribution is 5.85. The third-order valence-corrected chi connectivity index (χ3v) is 2.36. The molecule has 1 N–H and O–H groups in total. The van der Waals surface area contributed by atoms with Crippen LogP contribution in [0.5, 0.6) is 0 Å². The van der Waals surface area contributed by atoms with Crippen LogP contribution in [0.1, 0.15) is 27.2 Å². The van der Waals surface area contributed by atoms with Crippen LogP contribution in [0.25, 0.3) is 0 Å². The summed E-state index contributed by atoms with van der Waals surface area (Å²) < 4.78 is 9.86. The van der Waals surface area contributed by atoms with Crippen LogP contribution in [0.3, 0.4) is 0 Å². The molecule has 1 fully saturated rings. The molecule has 0 aromatic carbocycles. The molecule has 1 saturated heterocycles. The van der Waals surface area contributed by atoms with Crippen molar-refractivity contribution in [1.29, 1.82) is 0 Å². The Labute approximate surface area is 108 Å². The molecule has 1 aliphatic heterocycles. The van der Waals surface area contributed by atoms with E-state index in [1.807, 2.05) is 20.8 Å². The molecule has 0 bridgehead atoms. The largest absolute Gasteiger partial charge is 0.468 e. The molecule has 0 aromatic rings. The van der Waals surface area contributed by atoms with E-state index in [0.717, 1.165) is 0 Å². The number of nitrogens with one attached hydrogen (secondary N) is 1. The first-order valence-corrected chi connectivity index (χ1v) is 5.37. The number of hydrogen-bond acceptors (Lipinski definition) is 5. The lowest BCUT2D eigenvalue weighted by molar-refractivity contribution is -0.159. The van der Waals surface area contributed by atoms with Crippen molar-refractivity contribution in [3.8, 4) is 0 Å². The van der Waals surface area contributed by atoms with E-state index in [0.29, 0.717) is 13.0 Å². The van der Waals surface area contributed by atoms with Crippen molar-refractivity contribution < 1.29 is 19.1 Å². The number of carbonyl (C=O) groups is 2. The summed E-state index contributed by atoms with van der Waals surface area (Å²) in [4.78, 5) is 22.9. The molecule has 17 heavy (non-hydrogen) atoms. The normalized spacial score (nSPS) is 23.8. The van der Waals surface area contributed by atoms with E-state index >= 15 is 0 Å². The fourth-order valence-electron chi connectivity index (χ4n) is 1.62. The number of carbonyl (C=O) groups excluding carboxylic acids is 2. The Kier molecular flexibility index (Phi) is 5.92. The van der Waals surface area contributed by atoms with Gasteiger partial charge in [-0.3, -0.25) is 9.59 Å². The number of methoxy groups -OCH3 is 1. The minimum absolute atomic E-state index is 0. The van der Waals surface area contributed by atoms with Gasteiger partial charge in [0.05, 0.1) is 13.0 Å². The Morgan fingerprint density at radius 2 is 1.82 bits per heavy atom. The summed E-state index contributed by atoms with van der Waals surface area (Å²) in [6.07, 6.45) is 0.446. The van der Waals surface area contributed by atoms with Gasteiger partial charge in [-0.1, -0.05) is 0 Å². The van der Waals surface area contributed by atoms with E-state index in [-0.39, 0.29) is 36.3 Å². The minimum atomic E-state index is -0.486. The van der Waals surface area contributed by atoms with Crippen LogP contribution in [0.4, 0.5) is 0 Å². The Bertz CT molecular complexity index is 288. The van der Waals surface area contributed by atoms with E-state index in [4.69, 9.17) is 4.74 Å². The quantitative estimate of drug-likeness (QED) is 0.752. The third-order valence-electron chi connectivity index (χ3n) is 2.36. The number of hydrogen-bond donors (Lipinski definition) is 1. The van der Waals surface area contributed by atoms with Crippen molar-refractivity contribution in [2.45, 2.75) is 38.8 Å². The van der Waals surface area contributed by atoms with Crippen molar-refractivity contribution >= 4 is 24.3 Å². The lowest BCUT2D eigenvalue weighted by atomic mass is 10.1. The molecule has 6 heteroatoms. The second kappa shape index (κ2) is 6.21. The summed E-state index contributed by atoms with van der Waals surface area (Å²) in [7, 11) is 1.34. The highest BCUT2D eigenvalue weighted by Gasteiger charge is 2.36. The smallest absolute Gasteiger partial charge is 0.322 e. The monoisotopic (exact) mass is 265 g/mol. The van der Waals surface area contributed by atoms with Gasteiger partial charge >= 0.3 is 11.9 Å². The lowest BCUT2D eigenvalue weighted by Gasteiger charge is -2.21. The Hall–Kier alpha value is -0.810. The van der Waals surface area contributed by atoms with Gasteiger partial charge in [0.15, 0.2) is 0 Å². The molecule has 0 radical (unpaired) electrons. The number of rotatable bonds is 2. The van der Waals surface area contributed by atoms with E-state index in [1.165, 1.54) is 7.11 Å². The molecule has 0 aliphatic carbocycles. The number of halogens is 1. The van der Waals surface area contributed by atoms with E-state index in [1.54, 1.807) is 0 Å². The summed E-state index contributed by atoms with van der Waals surface area (Å²) in [6, 6.07) is -0.387. The van der Waals surface area contributed by atoms with Gasteiger partial charge in [-0.15, -0.1) is 12.4 Å².